The maximum atomic E-state index is 9.66. The first kappa shape index (κ1) is 22.4. The molecule has 0 aliphatic carbocycles. The number of para-hydroxylation sites is 3. The molecule has 0 saturated heterocycles. The van der Waals surface area contributed by atoms with Gasteiger partial charge in [0, 0.05) is 42.6 Å². The van der Waals surface area contributed by atoms with Gasteiger partial charge in [-0.2, -0.15) is 5.26 Å². The first-order chi connectivity index (χ1) is 20.3. The lowest BCUT2D eigenvalue weighted by Gasteiger charge is -2.09. The maximum Gasteiger partial charge on any atom is 0.143 e. The molecule has 9 rings (SSSR count). The second-order valence-corrected chi connectivity index (χ2v) is 11.5. The fraction of sp³-hybridized carbons (Fsp3) is 0. The van der Waals surface area contributed by atoms with E-state index in [1.54, 1.807) is 0 Å². The summed E-state index contributed by atoms with van der Waals surface area (Å²) in [4.78, 5) is 0. The van der Waals surface area contributed by atoms with Crippen molar-refractivity contribution in [1.82, 2.24) is 4.57 Å². The molecular formula is C37H20N2OS. The molecule has 0 radical (unpaired) electrons. The fourth-order valence-corrected chi connectivity index (χ4v) is 7.59. The van der Waals surface area contributed by atoms with Gasteiger partial charge in [-0.1, -0.05) is 78.9 Å². The molecule has 41 heavy (non-hydrogen) atoms. The van der Waals surface area contributed by atoms with E-state index in [9.17, 15) is 5.26 Å². The van der Waals surface area contributed by atoms with Gasteiger partial charge in [-0.3, -0.25) is 0 Å². The first-order valence-electron chi connectivity index (χ1n) is 13.6. The molecule has 9 aromatic rings. The van der Waals surface area contributed by atoms with Gasteiger partial charge in [0.25, 0.3) is 0 Å². The van der Waals surface area contributed by atoms with Crippen molar-refractivity contribution in [2.75, 3.05) is 0 Å². The lowest BCUT2D eigenvalue weighted by Crippen LogP contribution is -1.94. The molecular weight excluding hydrogens is 520 g/mol. The van der Waals surface area contributed by atoms with Gasteiger partial charge in [-0.15, -0.1) is 11.3 Å². The van der Waals surface area contributed by atoms with Gasteiger partial charge in [0.1, 0.15) is 11.2 Å². The highest BCUT2D eigenvalue weighted by Crippen LogP contribution is 2.43. The third kappa shape index (κ3) is 3.12. The van der Waals surface area contributed by atoms with Crippen LogP contribution in [-0.4, -0.2) is 4.57 Å². The van der Waals surface area contributed by atoms with Gasteiger partial charge in [-0.25, -0.2) is 0 Å². The van der Waals surface area contributed by atoms with Crippen molar-refractivity contribution in [1.29, 1.82) is 5.26 Å². The van der Waals surface area contributed by atoms with E-state index in [1.807, 2.05) is 35.6 Å². The van der Waals surface area contributed by atoms with E-state index in [0.29, 0.717) is 5.56 Å². The van der Waals surface area contributed by atoms with Gasteiger partial charge in [0.2, 0.25) is 0 Å². The number of furan rings is 1. The predicted molar refractivity (Wildman–Crippen MR) is 171 cm³/mol. The minimum atomic E-state index is 0.662. The molecule has 0 aliphatic heterocycles. The zero-order valence-electron chi connectivity index (χ0n) is 21.8. The molecule has 3 aromatic heterocycles. The van der Waals surface area contributed by atoms with Crippen molar-refractivity contribution in [3.05, 3.63) is 127 Å². The van der Waals surface area contributed by atoms with Crippen LogP contribution in [0.3, 0.4) is 0 Å². The number of nitriles is 1. The molecule has 0 atom stereocenters. The summed E-state index contributed by atoms with van der Waals surface area (Å²) in [6, 6.07) is 44.7. The van der Waals surface area contributed by atoms with E-state index in [4.69, 9.17) is 4.42 Å². The minimum Gasteiger partial charge on any atom is -0.455 e. The Kier molecular flexibility index (Phi) is 4.55. The predicted octanol–water partition coefficient (Wildman–Crippen LogP) is 10.6. The summed E-state index contributed by atoms with van der Waals surface area (Å²) in [5.41, 5.74) is 8.05. The summed E-state index contributed by atoms with van der Waals surface area (Å²) >= 11 is 1.82. The summed E-state index contributed by atoms with van der Waals surface area (Å²) in [5.74, 6) is 0. The number of rotatable bonds is 2. The molecule has 4 heteroatoms. The molecule has 0 N–H and O–H groups in total. The monoisotopic (exact) mass is 540 g/mol. The zero-order valence-corrected chi connectivity index (χ0v) is 22.6. The van der Waals surface area contributed by atoms with Gasteiger partial charge < -0.3 is 8.98 Å². The van der Waals surface area contributed by atoms with Gasteiger partial charge in [0.05, 0.1) is 33.1 Å². The van der Waals surface area contributed by atoms with Crippen LogP contribution in [0.5, 0.6) is 0 Å². The molecule has 6 aromatic carbocycles. The van der Waals surface area contributed by atoms with Crippen molar-refractivity contribution >= 4 is 75.3 Å². The second kappa shape index (κ2) is 8.32. The van der Waals surface area contributed by atoms with Crippen molar-refractivity contribution in [2.24, 2.45) is 0 Å². The molecule has 190 valence electrons. The van der Waals surface area contributed by atoms with Crippen LogP contribution in [0.1, 0.15) is 5.56 Å². The van der Waals surface area contributed by atoms with E-state index >= 15 is 0 Å². The molecule has 0 aliphatic rings. The van der Waals surface area contributed by atoms with Crippen LogP contribution >= 0.6 is 11.3 Å². The largest absolute Gasteiger partial charge is 0.455 e. The molecule has 0 spiro atoms. The maximum absolute atomic E-state index is 9.66. The molecule has 0 saturated carbocycles. The minimum absolute atomic E-state index is 0.662. The lowest BCUT2D eigenvalue weighted by atomic mass is 10.0. The van der Waals surface area contributed by atoms with Gasteiger partial charge in [-0.05, 0) is 48.0 Å². The summed E-state index contributed by atoms with van der Waals surface area (Å²) in [7, 11) is 0. The fourth-order valence-electron chi connectivity index (χ4n) is 6.40. The van der Waals surface area contributed by atoms with Crippen LogP contribution in [0.4, 0.5) is 0 Å². The molecule has 0 amide bonds. The van der Waals surface area contributed by atoms with Crippen LogP contribution in [0.25, 0.3) is 80.7 Å². The molecule has 0 unspecified atom stereocenters. The Balaban J connectivity index is 1.31. The second-order valence-electron chi connectivity index (χ2n) is 10.4. The molecule has 0 bridgehead atoms. The Labute approximate surface area is 238 Å². The topological polar surface area (TPSA) is 41.9 Å². The van der Waals surface area contributed by atoms with Crippen LogP contribution in [-0.2, 0) is 0 Å². The highest BCUT2D eigenvalue weighted by Gasteiger charge is 2.18. The van der Waals surface area contributed by atoms with Crippen LogP contribution < -0.4 is 0 Å². The average Bonchev–Trinajstić information content (AvgIpc) is 3.70. The van der Waals surface area contributed by atoms with Crippen molar-refractivity contribution in [3.63, 3.8) is 0 Å². The van der Waals surface area contributed by atoms with E-state index in [-0.39, 0.29) is 0 Å². The Morgan fingerprint density at radius 3 is 2.32 bits per heavy atom. The number of hydrogen-bond donors (Lipinski definition) is 0. The van der Waals surface area contributed by atoms with E-state index in [1.165, 1.54) is 25.6 Å². The first-order valence-corrected chi connectivity index (χ1v) is 14.4. The molecule has 3 nitrogen and oxygen atoms in total. The quantitative estimate of drug-likeness (QED) is 0.219. The Morgan fingerprint density at radius 1 is 0.610 bits per heavy atom. The third-order valence-electron chi connectivity index (χ3n) is 8.24. The van der Waals surface area contributed by atoms with E-state index in [2.05, 4.69) is 108 Å². The highest BCUT2D eigenvalue weighted by molar-refractivity contribution is 7.26. The standard InChI is InChI=1S/C37H20N2OS/c38-21-22-15-17-26-25-7-1-3-12-31(25)39(33(26)19-22)32-13-6-11-29-30-20-23(16-18-35(30)41-37(29)32)24-9-5-10-28-27-8-2-4-14-34(27)40-36(24)28/h1-20H. The molecule has 3 heterocycles. The van der Waals surface area contributed by atoms with Crippen LogP contribution in [0.2, 0.25) is 0 Å². The van der Waals surface area contributed by atoms with Crippen molar-refractivity contribution in [3.8, 4) is 22.9 Å². The Bertz CT molecular complexity index is 2560. The SMILES string of the molecule is N#Cc1ccc2c3ccccc3n(-c3cccc4c3sc3ccc(-c5cccc6c5oc5ccccc56)cc34)c2c1. The number of thiophene rings is 1. The lowest BCUT2D eigenvalue weighted by molar-refractivity contribution is 0.670. The normalized spacial score (nSPS) is 11.9. The van der Waals surface area contributed by atoms with E-state index < -0.39 is 0 Å². The smallest absolute Gasteiger partial charge is 0.143 e. The number of benzene rings is 6. The highest BCUT2D eigenvalue weighted by atomic mass is 32.1. The Hall–Kier alpha value is -5.37. The van der Waals surface area contributed by atoms with Crippen molar-refractivity contribution < 1.29 is 4.42 Å². The number of fused-ring (bicyclic) bond motifs is 9. The van der Waals surface area contributed by atoms with Gasteiger partial charge in [0.15, 0.2) is 0 Å². The number of hydrogen-bond acceptors (Lipinski definition) is 3. The molecule has 0 fully saturated rings. The Morgan fingerprint density at radius 2 is 1.39 bits per heavy atom. The van der Waals surface area contributed by atoms with Gasteiger partial charge >= 0.3 is 0 Å². The summed E-state index contributed by atoms with van der Waals surface area (Å²) < 4.78 is 11.2. The zero-order chi connectivity index (χ0) is 27.1. The van der Waals surface area contributed by atoms with E-state index in [0.717, 1.165) is 55.2 Å². The number of aromatic nitrogens is 1. The third-order valence-corrected chi connectivity index (χ3v) is 9.44. The summed E-state index contributed by atoms with van der Waals surface area (Å²) in [6.07, 6.45) is 0. The average molecular weight is 541 g/mol. The van der Waals surface area contributed by atoms with Crippen molar-refractivity contribution in [2.45, 2.75) is 0 Å². The van der Waals surface area contributed by atoms with Crippen LogP contribution in [0.15, 0.2) is 126 Å². The van der Waals surface area contributed by atoms with Crippen LogP contribution in [0, 0.1) is 11.3 Å². The number of nitrogens with zero attached hydrogens (tertiary/aromatic N) is 2. The summed E-state index contributed by atoms with van der Waals surface area (Å²) in [6.45, 7) is 0. The summed E-state index contributed by atoms with van der Waals surface area (Å²) in [5, 5.41) is 16.7.